The molecule has 2 N–H and O–H groups in total. The predicted octanol–water partition coefficient (Wildman–Crippen LogP) is 2.25. The maximum Gasteiger partial charge on any atom is 0.0707 e. The van der Waals surface area contributed by atoms with E-state index in [1.54, 1.807) is 0 Å². The zero-order valence-corrected chi connectivity index (χ0v) is 11.7. The summed E-state index contributed by atoms with van der Waals surface area (Å²) < 4.78 is 5.86. The van der Waals surface area contributed by atoms with E-state index >= 15 is 0 Å². The lowest BCUT2D eigenvalue weighted by atomic mass is 10.0. The Morgan fingerprint density at radius 3 is 2.47 bits per heavy atom. The molecule has 0 aliphatic carbocycles. The van der Waals surface area contributed by atoms with Crippen molar-refractivity contribution >= 4 is 0 Å². The van der Waals surface area contributed by atoms with Crippen LogP contribution in [0.1, 0.15) is 36.4 Å². The maximum atomic E-state index is 6.29. The van der Waals surface area contributed by atoms with Crippen LogP contribution in [0, 0.1) is 6.92 Å². The topological polar surface area (TPSA) is 38.5 Å². The van der Waals surface area contributed by atoms with E-state index in [1.807, 2.05) is 0 Å². The van der Waals surface area contributed by atoms with Crippen LogP contribution in [0.2, 0.25) is 0 Å². The third-order valence-electron chi connectivity index (χ3n) is 4.38. The van der Waals surface area contributed by atoms with Crippen molar-refractivity contribution < 1.29 is 4.74 Å². The Morgan fingerprint density at radius 2 is 1.84 bits per heavy atom. The molecule has 0 aromatic heterocycles. The second kappa shape index (κ2) is 5.61. The molecular formula is C16H24N2O. The summed E-state index contributed by atoms with van der Waals surface area (Å²) in [4.78, 5) is 2.53. The molecule has 3 atom stereocenters. The standard InChI is InChI=1S/C16H24N2O/c1-12-2-4-13(5-3-12)16(17)8-9-18-10-14-6-7-15(11-18)19-14/h2-5,14-16H,6-11,17H2,1H3. The first-order chi connectivity index (χ1) is 9.20. The summed E-state index contributed by atoms with van der Waals surface area (Å²) in [6.07, 6.45) is 4.47. The van der Waals surface area contributed by atoms with Crippen molar-refractivity contribution in [2.75, 3.05) is 19.6 Å². The van der Waals surface area contributed by atoms with Crippen LogP contribution in [0.25, 0.3) is 0 Å². The van der Waals surface area contributed by atoms with Gasteiger partial charge in [-0.15, -0.1) is 0 Å². The number of benzene rings is 1. The van der Waals surface area contributed by atoms with Crippen LogP contribution in [-0.2, 0) is 4.74 Å². The van der Waals surface area contributed by atoms with Crippen molar-refractivity contribution in [2.24, 2.45) is 5.73 Å². The van der Waals surface area contributed by atoms with E-state index in [0.717, 1.165) is 26.1 Å². The molecule has 104 valence electrons. The second-order valence-corrected chi connectivity index (χ2v) is 6.02. The summed E-state index contributed by atoms with van der Waals surface area (Å²) in [5, 5.41) is 0. The van der Waals surface area contributed by atoms with Crippen molar-refractivity contribution in [3.63, 3.8) is 0 Å². The van der Waals surface area contributed by atoms with E-state index in [0.29, 0.717) is 12.2 Å². The van der Waals surface area contributed by atoms with E-state index in [2.05, 4.69) is 36.1 Å². The van der Waals surface area contributed by atoms with Gasteiger partial charge < -0.3 is 10.5 Å². The minimum Gasteiger partial charge on any atom is -0.372 e. The molecule has 0 saturated carbocycles. The highest BCUT2D eigenvalue weighted by Crippen LogP contribution is 2.26. The van der Waals surface area contributed by atoms with Crippen LogP contribution >= 0.6 is 0 Å². The van der Waals surface area contributed by atoms with Crippen molar-refractivity contribution in [1.82, 2.24) is 4.90 Å². The predicted molar refractivity (Wildman–Crippen MR) is 77.1 cm³/mol. The molecule has 3 heteroatoms. The smallest absolute Gasteiger partial charge is 0.0707 e. The summed E-state index contributed by atoms with van der Waals surface area (Å²) in [5.41, 5.74) is 8.83. The van der Waals surface area contributed by atoms with Crippen molar-refractivity contribution in [1.29, 1.82) is 0 Å². The first kappa shape index (κ1) is 13.1. The van der Waals surface area contributed by atoms with Crippen LogP contribution in [0.3, 0.4) is 0 Å². The number of nitrogens with two attached hydrogens (primary N) is 1. The molecule has 0 radical (unpaired) electrons. The molecule has 0 amide bonds. The fourth-order valence-corrected chi connectivity index (χ4v) is 3.18. The molecule has 2 aliphatic heterocycles. The largest absolute Gasteiger partial charge is 0.372 e. The molecule has 1 aromatic rings. The number of nitrogens with zero attached hydrogens (tertiary/aromatic N) is 1. The number of morpholine rings is 1. The monoisotopic (exact) mass is 260 g/mol. The van der Waals surface area contributed by atoms with Crippen LogP contribution in [0.5, 0.6) is 0 Å². The Hall–Kier alpha value is -0.900. The van der Waals surface area contributed by atoms with Crippen molar-refractivity contribution in [3.05, 3.63) is 35.4 Å². The van der Waals surface area contributed by atoms with Gasteiger partial charge in [0.25, 0.3) is 0 Å². The van der Waals surface area contributed by atoms with E-state index < -0.39 is 0 Å². The van der Waals surface area contributed by atoms with E-state index in [9.17, 15) is 0 Å². The van der Waals surface area contributed by atoms with Gasteiger partial charge >= 0.3 is 0 Å². The highest BCUT2D eigenvalue weighted by Gasteiger charge is 2.33. The molecule has 3 rings (SSSR count). The van der Waals surface area contributed by atoms with Gasteiger partial charge in [-0.05, 0) is 31.7 Å². The van der Waals surface area contributed by atoms with Crippen molar-refractivity contribution in [3.8, 4) is 0 Å². The fraction of sp³-hybridized carbons (Fsp3) is 0.625. The Labute approximate surface area is 115 Å². The molecular weight excluding hydrogens is 236 g/mol. The first-order valence-electron chi connectivity index (χ1n) is 7.40. The molecule has 2 fully saturated rings. The van der Waals surface area contributed by atoms with E-state index in [-0.39, 0.29) is 6.04 Å². The zero-order valence-electron chi connectivity index (χ0n) is 11.7. The molecule has 3 nitrogen and oxygen atoms in total. The molecule has 1 aromatic carbocycles. The molecule has 2 heterocycles. The summed E-state index contributed by atoms with van der Waals surface area (Å²) in [5.74, 6) is 0. The minimum absolute atomic E-state index is 0.154. The summed E-state index contributed by atoms with van der Waals surface area (Å²) >= 11 is 0. The third kappa shape index (κ3) is 3.16. The van der Waals surface area contributed by atoms with Gasteiger partial charge in [0, 0.05) is 25.7 Å². The lowest BCUT2D eigenvalue weighted by molar-refractivity contribution is -0.0388. The molecule has 2 aliphatic rings. The second-order valence-electron chi connectivity index (χ2n) is 6.02. The summed E-state index contributed by atoms with van der Waals surface area (Å²) in [6, 6.07) is 8.75. The van der Waals surface area contributed by atoms with E-state index in [4.69, 9.17) is 10.5 Å². The molecule has 3 unspecified atom stereocenters. The minimum atomic E-state index is 0.154. The number of ether oxygens (including phenoxy) is 1. The maximum absolute atomic E-state index is 6.29. The highest BCUT2D eigenvalue weighted by molar-refractivity contribution is 5.23. The fourth-order valence-electron chi connectivity index (χ4n) is 3.18. The summed E-state index contributed by atoms with van der Waals surface area (Å²) in [7, 11) is 0. The Balaban J connectivity index is 1.50. The van der Waals surface area contributed by atoms with Crippen molar-refractivity contribution in [2.45, 2.75) is 44.4 Å². The van der Waals surface area contributed by atoms with Gasteiger partial charge in [-0.3, -0.25) is 4.90 Å². The number of hydrogen-bond donors (Lipinski definition) is 1. The normalized spacial score (nSPS) is 28.5. The molecule has 2 bridgehead atoms. The SMILES string of the molecule is Cc1ccc(C(N)CCN2CC3CCC(C2)O3)cc1. The molecule has 19 heavy (non-hydrogen) atoms. The lowest BCUT2D eigenvalue weighted by Gasteiger charge is -2.32. The third-order valence-corrected chi connectivity index (χ3v) is 4.38. The summed E-state index contributed by atoms with van der Waals surface area (Å²) in [6.45, 7) is 5.39. The van der Waals surface area contributed by atoms with Gasteiger partial charge in [-0.1, -0.05) is 29.8 Å². The Morgan fingerprint density at radius 1 is 1.21 bits per heavy atom. The van der Waals surface area contributed by atoms with Gasteiger partial charge in [-0.25, -0.2) is 0 Å². The first-order valence-corrected chi connectivity index (χ1v) is 7.40. The molecule has 2 saturated heterocycles. The quantitative estimate of drug-likeness (QED) is 0.902. The van der Waals surface area contributed by atoms with E-state index in [1.165, 1.54) is 24.0 Å². The van der Waals surface area contributed by atoms with Gasteiger partial charge in [-0.2, -0.15) is 0 Å². The van der Waals surface area contributed by atoms with Gasteiger partial charge in [0.1, 0.15) is 0 Å². The van der Waals surface area contributed by atoms with Crippen LogP contribution in [-0.4, -0.2) is 36.7 Å². The van der Waals surface area contributed by atoms with Gasteiger partial charge in [0.05, 0.1) is 12.2 Å². The number of rotatable bonds is 4. The molecule has 0 spiro atoms. The number of hydrogen-bond acceptors (Lipinski definition) is 3. The van der Waals surface area contributed by atoms with Crippen LogP contribution < -0.4 is 5.73 Å². The lowest BCUT2D eigenvalue weighted by Crippen LogP contribution is -2.43. The van der Waals surface area contributed by atoms with Crippen LogP contribution in [0.15, 0.2) is 24.3 Å². The Kier molecular flexibility index (Phi) is 3.87. The Bertz CT molecular complexity index is 405. The zero-order chi connectivity index (χ0) is 13.2. The van der Waals surface area contributed by atoms with Gasteiger partial charge in [0.15, 0.2) is 0 Å². The number of likely N-dealkylation sites (tertiary alicyclic amines) is 1. The average Bonchev–Trinajstić information content (AvgIpc) is 2.76. The number of fused-ring (bicyclic) bond motifs is 2. The van der Waals surface area contributed by atoms with Gasteiger partial charge in [0.2, 0.25) is 0 Å². The highest BCUT2D eigenvalue weighted by atomic mass is 16.5. The number of aryl methyl sites for hydroxylation is 1. The van der Waals surface area contributed by atoms with Crippen LogP contribution in [0.4, 0.5) is 0 Å². The average molecular weight is 260 g/mol.